The highest BCUT2D eigenvalue weighted by Gasteiger charge is 2.25. The van der Waals surface area contributed by atoms with Crippen LogP contribution >= 0.6 is 0 Å². The maximum Gasteiger partial charge on any atom is 0.409 e. The Balaban J connectivity index is 1.55. The van der Waals surface area contributed by atoms with Gasteiger partial charge in [-0.25, -0.2) is 4.79 Å². The third-order valence-electron chi connectivity index (χ3n) is 5.09. The summed E-state index contributed by atoms with van der Waals surface area (Å²) < 4.78 is 5.04. The molecular formula is C23H29N3O3. The van der Waals surface area contributed by atoms with E-state index >= 15 is 0 Å². The molecule has 3 rings (SSSR count). The molecule has 0 saturated carbocycles. The lowest BCUT2D eigenvalue weighted by molar-refractivity contribution is -0.132. The summed E-state index contributed by atoms with van der Waals surface area (Å²) in [7, 11) is 0. The van der Waals surface area contributed by atoms with Crippen LogP contribution in [0.5, 0.6) is 0 Å². The van der Waals surface area contributed by atoms with Crippen LogP contribution in [0.25, 0.3) is 0 Å². The first-order valence-electron chi connectivity index (χ1n) is 10.2. The summed E-state index contributed by atoms with van der Waals surface area (Å²) in [6, 6.07) is 20.5. The van der Waals surface area contributed by atoms with Crippen LogP contribution in [0, 0.1) is 0 Å². The Morgan fingerprint density at radius 3 is 2.10 bits per heavy atom. The van der Waals surface area contributed by atoms with Gasteiger partial charge in [0.25, 0.3) is 0 Å². The molecule has 0 atom stereocenters. The fraction of sp³-hybridized carbons (Fsp3) is 0.391. The minimum Gasteiger partial charge on any atom is -0.450 e. The molecule has 1 fully saturated rings. The molecule has 1 heterocycles. The lowest BCUT2D eigenvalue weighted by Crippen LogP contribution is -2.51. The van der Waals surface area contributed by atoms with Gasteiger partial charge in [-0.15, -0.1) is 0 Å². The number of benzene rings is 2. The molecule has 0 radical (unpaired) electrons. The molecule has 1 saturated heterocycles. The number of para-hydroxylation sites is 1. The number of rotatable bonds is 7. The highest BCUT2D eigenvalue weighted by Crippen LogP contribution is 2.18. The molecule has 154 valence electrons. The average molecular weight is 396 g/mol. The summed E-state index contributed by atoms with van der Waals surface area (Å²) in [5, 5.41) is 0. The smallest absolute Gasteiger partial charge is 0.409 e. The van der Waals surface area contributed by atoms with Crippen LogP contribution in [-0.4, -0.2) is 61.1 Å². The molecule has 2 aromatic carbocycles. The third-order valence-corrected chi connectivity index (χ3v) is 5.09. The van der Waals surface area contributed by atoms with Crippen LogP contribution in [0.1, 0.15) is 18.9 Å². The SMILES string of the molecule is CCOC(=O)N1CCN(C(=O)CCN(Cc2ccccc2)c2ccccc2)CC1. The van der Waals surface area contributed by atoms with Crippen molar-refractivity contribution in [3.8, 4) is 0 Å². The van der Waals surface area contributed by atoms with Gasteiger partial charge in [0.1, 0.15) is 0 Å². The van der Waals surface area contributed by atoms with Crippen molar-refractivity contribution < 1.29 is 14.3 Å². The van der Waals surface area contributed by atoms with Crippen LogP contribution < -0.4 is 4.90 Å². The monoisotopic (exact) mass is 395 g/mol. The Morgan fingerprint density at radius 2 is 1.48 bits per heavy atom. The zero-order chi connectivity index (χ0) is 20.5. The van der Waals surface area contributed by atoms with Gasteiger partial charge in [-0.3, -0.25) is 4.79 Å². The molecule has 2 amide bonds. The first kappa shape index (κ1) is 20.7. The van der Waals surface area contributed by atoms with E-state index in [-0.39, 0.29) is 12.0 Å². The maximum absolute atomic E-state index is 12.8. The number of amides is 2. The van der Waals surface area contributed by atoms with Crippen molar-refractivity contribution in [2.45, 2.75) is 19.9 Å². The van der Waals surface area contributed by atoms with Gasteiger partial charge >= 0.3 is 6.09 Å². The number of piperazine rings is 1. The summed E-state index contributed by atoms with van der Waals surface area (Å²) in [5.74, 6) is 0.127. The third kappa shape index (κ3) is 5.98. The van der Waals surface area contributed by atoms with Crippen molar-refractivity contribution in [2.24, 2.45) is 0 Å². The van der Waals surface area contributed by atoms with Crippen LogP contribution in [0.3, 0.4) is 0 Å². The normalized spacial score (nSPS) is 13.8. The number of hydrogen-bond donors (Lipinski definition) is 0. The van der Waals surface area contributed by atoms with Crippen molar-refractivity contribution in [3.63, 3.8) is 0 Å². The molecule has 29 heavy (non-hydrogen) atoms. The largest absolute Gasteiger partial charge is 0.450 e. The Hall–Kier alpha value is -3.02. The molecule has 0 aromatic heterocycles. The maximum atomic E-state index is 12.8. The van der Waals surface area contributed by atoms with Gasteiger partial charge in [0.2, 0.25) is 5.91 Å². The molecule has 0 unspecified atom stereocenters. The van der Waals surface area contributed by atoms with E-state index < -0.39 is 0 Å². The van der Waals surface area contributed by atoms with E-state index in [1.54, 1.807) is 11.8 Å². The molecular weight excluding hydrogens is 366 g/mol. The second-order valence-electron chi connectivity index (χ2n) is 7.06. The summed E-state index contributed by atoms with van der Waals surface area (Å²) >= 11 is 0. The van der Waals surface area contributed by atoms with Crippen LogP contribution in [0.2, 0.25) is 0 Å². The fourth-order valence-electron chi connectivity index (χ4n) is 3.48. The number of anilines is 1. The molecule has 2 aromatic rings. The Bertz CT molecular complexity index is 774. The predicted octanol–water partition coefficient (Wildman–Crippen LogP) is 3.38. The molecule has 1 aliphatic heterocycles. The van der Waals surface area contributed by atoms with Crippen molar-refractivity contribution in [2.75, 3.05) is 44.2 Å². The van der Waals surface area contributed by atoms with E-state index in [1.807, 2.05) is 41.3 Å². The van der Waals surface area contributed by atoms with Gasteiger partial charge in [-0.2, -0.15) is 0 Å². The van der Waals surface area contributed by atoms with E-state index in [2.05, 4.69) is 29.2 Å². The first-order valence-corrected chi connectivity index (χ1v) is 10.2. The molecule has 6 heteroatoms. The molecule has 0 spiro atoms. The van der Waals surface area contributed by atoms with E-state index in [0.29, 0.717) is 45.8 Å². The molecule has 1 aliphatic rings. The standard InChI is InChI=1S/C23H29N3O3/c1-2-29-23(28)25-17-15-24(16-18-25)22(27)13-14-26(21-11-7-4-8-12-21)19-20-9-5-3-6-10-20/h3-12H,2,13-19H2,1H3. The first-order chi connectivity index (χ1) is 14.2. The van der Waals surface area contributed by atoms with Crippen LogP contribution in [-0.2, 0) is 16.1 Å². The number of hydrogen-bond acceptors (Lipinski definition) is 4. The van der Waals surface area contributed by atoms with Crippen molar-refractivity contribution in [3.05, 3.63) is 66.2 Å². The summed E-state index contributed by atoms with van der Waals surface area (Å²) in [4.78, 5) is 30.3. The van der Waals surface area contributed by atoms with Crippen molar-refractivity contribution in [1.82, 2.24) is 9.80 Å². The lowest BCUT2D eigenvalue weighted by atomic mass is 10.2. The van der Waals surface area contributed by atoms with Crippen molar-refractivity contribution >= 4 is 17.7 Å². The topological polar surface area (TPSA) is 53.1 Å². The van der Waals surface area contributed by atoms with Gasteiger partial charge in [-0.05, 0) is 24.6 Å². The fourth-order valence-corrected chi connectivity index (χ4v) is 3.48. The second-order valence-corrected chi connectivity index (χ2v) is 7.06. The summed E-state index contributed by atoms with van der Waals surface area (Å²) in [6.45, 7) is 5.74. The summed E-state index contributed by atoms with van der Waals surface area (Å²) in [5.41, 5.74) is 2.32. The molecule has 0 aliphatic carbocycles. The van der Waals surface area contributed by atoms with Crippen LogP contribution in [0.15, 0.2) is 60.7 Å². The number of carbonyl (C=O) groups is 2. The van der Waals surface area contributed by atoms with Gasteiger partial charge in [0, 0.05) is 51.4 Å². The number of carbonyl (C=O) groups excluding carboxylic acids is 2. The predicted molar refractivity (Wildman–Crippen MR) is 114 cm³/mol. The number of ether oxygens (including phenoxy) is 1. The Morgan fingerprint density at radius 1 is 0.897 bits per heavy atom. The lowest BCUT2D eigenvalue weighted by Gasteiger charge is -2.34. The Labute approximate surface area is 172 Å². The Kier molecular flexibility index (Phi) is 7.50. The van der Waals surface area contributed by atoms with E-state index in [4.69, 9.17) is 4.74 Å². The average Bonchev–Trinajstić information content (AvgIpc) is 2.78. The van der Waals surface area contributed by atoms with E-state index in [9.17, 15) is 9.59 Å². The zero-order valence-corrected chi connectivity index (χ0v) is 17.0. The molecule has 6 nitrogen and oxygen atoms in total. The summed E-state index contributed by atoms with van der Waals surface area (Å²) in [6.07, 6.45) is 0.152. The van der Waals surface area contributed by atoms with Gasteiger partial charge < -0.3 is 19.4 Å². The minimum absolute atomic E-state index is 0.127. The molecule has 0 bridgehead atoms. The van der Waals surface area contributed by atoms with Crippen LogP contribution in [0.4, 0.5) is 10.5 Å². The quantitative estimate of drug-likeness (QED) is 0.721. The number of nitrogens with zero attached hydrogens (tertiary/aromatic N) is 3. The molecule has 0 N–H and O–H groups in total. The van der Waals surface area contributed by atoms with Gasteiger partial charge in [0.15, 0.2) is 0 Å². The second kappa shape index (κ2) is 10.5. The highest BCUT2D eigenvalue weighted by atomic mass is 16.6. The van der Waals surface area contributed by atoms with Crippen molar-refractivity contribution in [1.29, 1.82) is 0 Å². The van der Waals surface area contributed by atoms with Gasteiger partial charge in [0.05, 0.1) is 6.61 Å². The van der Waals surface area contributed by atoms with Gasteiger partial charge in [-0.1, -0.05) is 48.5 Å². The zero-order valence-electron chi connectivity index (χ0n) is 17.0. The van der Waals surface area contributed by atoms with E-state index in [1.165, 1.54) is 5.56 Å². The minimum atomic E-state index is -0.294. The van der Waals surface area contributed by atoms with E-state index in [0.717, 1.165) is 12.2 Å². The highest BCUT2D eigenvalue weighted by molar-refractivity contribution is 5.77.